The highest BCUT2D eigenvalue weighted by atomic mass is 32.2. The highest BCUT2D eigenvalue weighted by Crippen LogP contribution is 2.22. The molecule has 1 aliphatic rings. The fourth-order valence-electron chi connectivity index (χ4n) is 2.02. The normalized spacial score (nSPS) is 17.1. The Kier molecular flexibility index (Phi) is 3.47. The van der Waals surface area contributed by atoms with Gasteiger partial charge >= 0.3 is 5.97 Å². The van der Waals surface area contributed by atoms with Crippen molar-refractivity contribution in [2.75, 3.05) is 29.5 Å². The van der Waals surface area contributed by atoms with Gasteiger partial charge in [0, 0.05) is 41.1 Å². The second-order valence-corrected chi connectivity index (χ2v) is 5.84. The maximum absolute atomic E-state index is 11.3. The Morgan fingerprint density at radius 2 is 2.00 bits per heavy atom. The lowest BCUT2D eigenvalue weighted by Crippen LogP contribution is -2.38. The van der Waals surface area contributed by atoms with Crippen molar-refractivity contribution in [3.63, 3.8) is 0 Å². The largest absolute Gasteiger partial charge is 0.478 e. The Morgan fingerprint density at radius 1 is 1.35 bits per heavy atom. The topological polar surface area (TPSA) is 57.6 Å². The molecule has 0 amide bonds. The Hall–Kier alpha value is -1.36. The van der Waals surface area contributed by atoms with Crippen LogP contribution in [0.2, 0.25) is 0 Å². The Bertz CT molecular complexity index is 463. The van der Waals surface area contributed by atoms with Gasteiger partial charge in [0.25, 0.3) is 0 Å². The minimum Gasteiger partial charge on any atom is -0.478 e. The van der Waals surface area contributed by atoms with E-state index in [4.69, 9.17) is 5.11 Å². The lowest BCUT2D eigenvalue weighted by molar-refractivity contribution is 0.0697. The summed E-state index contributed by atoms with van der Waals surface area (Å²) in [6, 6.07) is 5.15. The summed E-state index contributed by atoms with van der Waals surface area (Å²) in [5.41, 5.74) is 2.32. The number of aryl methyl sites for hydroxylation is 1. The zero-order chi connectivity index (χ0) is 12.4. The van der Waals surface area contributed by atoms with E-state index in [0.29, 0.717) is 17.1 Å². The van der Waals surface area contributed by atoms with Crippen molar-refractivity contribution < 1.29 is 14.1 Å². The molecular weight excluding hydrogens is 238 g/mol. The summed E-state index contributed by atoms with van der Waals surface area (Å²) in [6.45, 7) is 3.47. The summed E-state index contributed by atoms with van der Waals surface area (Å²) in [4.78, 5) is 13.0. The molecular formula is C12H15NO3S. The Balaban J connectivity index is 2.21. The van der Waals surface area contributed by atoms with Gasteiger partial charge in [0.05, 0.1) is 5.56 Å². The smallest absolute Gasteiger partial charge is 0.335 e. The van der Waals surface area contributed by atoms with Crippen LogP contribution >= 0.6 is 0 Å². The number of benzene rings is 1. The van der Waals surface area contributed by atoms with E-state index < -0.39 is 16.8 Å². The van der Waals surface area contributed by atoms with Crippen LogP contribution in [0, 0.1) is 6.92 Å². The molecule has 1 aliphatic heterocycles. The van der Waals surface area contributed by atoms with Crippen LogP contribution in [0.1, 0.15) is 15.9 Å². The first-order valence-electron chi connectivity index (χ1n) is 5.52. The molecule has 1 aromatic rings. The van der Waals surface area contributed by atoms with Gasteiger partial charge in [-0.25, -0.2) is 4.79 Å². The van der Waals surface area contributed by atoms with Crippen LogP contribution < -0.4 is 4.90 Å². The summed E-state index contributed by atoms with van der Waals surface area (Å²) < 4.78 is 11.3. The van der Waals surface area contributed by atoms with Gasteiger partial charge in [-0.1, -0.05) is 0 Å². The van der Waals surface area contributed by atoms with Crippen molar-refractivity contribution >= 4 is 22.5 Å². The predicted molar refractivity (Wildman–Crippen MR) is 68.2 cm³/mol. The molecule has 0 saturated carbocycles. The number of anilines is 1. The third kappa shape index (κ3) is 2.66. The van der Waals surface area contributed by atoms with Gasteiger partial charge in [-0.2, -0.15) is 0 Å². The molecule has 0 atom stereocenters. The van der Waals surface area contributed by atoms with Crippen molar-refractivity contribution in [3.8, 4) is 0 Å². The average molecular weight is 253 g/mol. The molecule has 0 unspecified atom stereocenters. The van der Waals surface area contributed by atoms with Gasteiger partial charge in [-0.15, -0.1) is 0 Å². The second kappa shape index (κ2) is 4.87. The zero-order valence-electron chi connectivity index (χ0n) is 9.68. The first-order chi connectivity index (χ1) is 8.08. The van der Waals surface area contributed by atoms with Crippen molar-refractivity contribution in [2.45, 2.75) is 6.92 Å². The van der Waals surface area contributed by atoms with Gasteiger partial charge in [-0.3, -0.25) is 4.21 Å². The molecule has 4 nitrogen and oxygen atoms in total. The number of carboxylic acid groups (broad SMARTS) is 1. The number of hydrogen-bond acceptors (Lipinski definition) is 3. The molecule has 1 saturated heterocycles. The third-order valence-corrected chi connectivity index (χ3v) is 4.24. The van der Waals surface area contributed by atoms with E-state index in [1.165, 1.54) is 0 Å². The minimum atomic E-state index is -0.903. The first kappa shape index (κ1) is 12.1. The van der Waals surface area contributed by atoms with E-state index in [2.05, 4.69) is 4.90 Å². The SMILES string of the molecule is Cc1cc(C(=O)O)ccc1N1CCS(=O)CC1. The molecule has 92 valence electrons. The fraction of sp³-hybridized carbons (Fsp3) is 0.417. The molecule has 17 heavy (non-hydrogen) atoms. The van der Waals surface area contributed by atoms with Crippen LogP contribution in [0.3, 0.4) is 0 Å². The fourth-order valence-corrected chi connectivity index (χ4v) is 3.07. The number of nitrogens with zero attached hydrogens (tertiary/aromatic N) is 1. The Morgan fingerprint density at radius 3 is 2.53 bits per heavy atom. The van der Waals surface area contributed by atoms with Crippen LogP contribution in [0.25, 0.3) is 0 Å². The van der Waals surface area contributed by atoms with Crippen LogP contribution in [0.5, 0.6) is 0 Å². The number of hydrogen-bond donors (Lipinski definition) is 1. The summed E-state index contributed by atoms with van der Waals surface area (Å²) in [5.74, 6) is 0.486. The molecule has 0 spiro atoms. The maximum atomic E-state index is 11.3. The van der Waals surface area contributed by atoms with Crippen LogP contribution in [0.4, 0.5) is 5.69 Å². The third-order valence-electron chi connectivity index (χ3n) is 2.96. The van der Waals surface area contributed by atoms with E-state index in [1.54, 1.807) is 12.1 Å². The van der Waals surface area contributed by atoms with Crippen LogP contribution in [0.15, 0.2) is 18.2 Å². The van der Waals surface area contributed by atoms with Gasteiger partial charge in [0.15, 0.2) is 0 Å². The second-order valence-electron chi connectivity index (χ2n) is 4.14. The summed E-state index contributed by atoms with van der Waals surface area (Å²) in [6.07, 6.45) is 0. The van der Waals surface area contributed by atoms with E-state index >= 15 is 0 Å². The lowest BCUT2D eigenvalue weighted by atomic mass is 10.1. The predicted octanol–water partition coefficient (Wildman–Crippen LogP) is 1.26. The lowest BCUT2D eigenvalue weighted by Gasteiger charge is -2.29. The Labute approximate surface area is 103 Å². The number of rotatable bonds is 2. The quantitative estimate of drug-likeness (QED) is 0.862. The average Bonchev–Trinajstić information content (AvgIpc) is 2.30. The van der Waals surface area contributed by atoms with Gasteiger partial charge in [0.2, 0.25) is 0 Å². The molecule has 0 aromatic heterocycles. The minimum absolute atomic E-state index is 0.312. The van der Waals surface area contributed by atoms with E-state index in [0.717, 1.165) is 24.3 Å². The molecule has 1 fully saturated rings. The van der Waals surface area contributed by atoms with E-state index in [9.17, 15) is 9.00 Å². The summed E-state index contributed by atoms with van der Waals surface area (Å²) in [7, 11) is -0.689. The zero-order valence-corrected chi connectivity index (χ0v) is 10.5. The summed E-state index contributed by atoms with van der Waals surface area (Å²) in [5, 5.41) is 8.89. The molecule has 0 bridgehead atoms. The molecule has 0 aliphatic carbocycles. The highest BCUT2D eigenvalue weighted by molar-refractivity contribution is 7.85. The molecule has 5 heteroatoms. The number of carboxylic acids is 1. The van der Waals surface area contributed by atoms with Gasteiger partial charge in [-0.05, 0) is 30.7 Å². The van der Waals surface area contributed by atoms with Gasteiger partial charge in [0.1, 0.15) is 0 Å². The van der Waals surface area contributed by atoms with E-state index in [-0.39, 0.29) is 0 Å². The van der Waals surface area contributed by atoms with Crippen LogP contribution in [-0.2, 0) is 10.8 Å². The number of carbonyl (C=O) groups is 1. The maximum Gasteiger partial charge on any atom is 0.335 e. The van der Waals surface area contributed by atoms with E-state index in [1.807, 2.05) is 13.0 Å². The monoisotopic (exact) mass is 253 g/mol. The number of aromatic carboxylic acids is 1. The molecule has 1 N–H and O–H groups in total. The molecule has 2 rings (SSSR count). The van der Waals surface area contributed by atoms with Crippen molar-refractivity contribution in [1.29, 1.82) is 0 Å². The van der Waals surface area contributed by atoms with Crippen LogP contribution in [-0.4, -0.2) is 39.9 Å². The van der Waals surface area contributed by atoms with Gasteiger partial charge < -0.3 is 10.0 Å². The molecule has 0 radical (unpaired) electrons. The molecule has 1 aromatic carbocycles. The standard InChI is InChI=1S/C12H15NO3S/c1-9-8-10(12(14)15)2-3-11(9)13-4-6-17(16)7-5-13/h2-3,8H,4-7H2,1H3,(H,14,15). The first-order valence-corrected chi connectivity index (χ1v) is 7.00. The molecule has 1 heterocycles. The highest BCUT2D eigenvalue weighted by Gasteiger charge is 2.17. The van der Waals surface area contributed by atoms with Crippen molar-refractivity contribution in [1.82, 2.24) is 0 Å². The van der Waals surface area contributed by atoms with Crippen molar-refractivity contribution in [2.24, 2.45) is 0 Å². The van der Waals surface area contributed by atoms with Crippen molar-refractivity contribution in [3.05, 3.63) is 29.3 Å². The summed E-state index contributed by atoms with van der Waals surface area (Å²) >= 11 is 0.